The van der Waals surface area contributed by atoms with Crippen LogP contribution in [-0.2, 0) is 16.1 Å². The Labute approximate surface area is 137 Å². The zero-order valence-electron chi connectivity index (χ0n) is 12.6. The summed E-state index contributed by atoms with van der Waals surface area (Å²) in [7, 11) is 0. The topological polar surface area (TPSA) is 77.3 Å². The molecule has 2 aromatic rings. The van der Waals surface area contributed by atoms with Crippen molar-refractivity contribution in [3.63, 3.8) is 0 Å². The van der Waals surface area contributed by atoms with E-state index in [1.165, 1.54) is 11.8 Å². The standard InChI is InChI=1S/C15H16N4O3S/c1-2-18-13(11-6-4-3-5-7-11)16-17-14(18)23-10-12(20)19-8-9-22-15(19)21/h3-7H,2,8-10H2,1H3. The van der Waals surface area contributed by atoms with Crippen molar-refractivity contribution in [2.75, 3.05) is 18.9 Å². The quantitative estimate of drug-likeness (QED) is 0.780. The second-order valence-corrected chi connectivity index (χ2v) is 5.81. The van der Waals surface area contributed by atoms with E-state index in [0.29, 0.717) is 18.2 Å². The van der Waals surface area contributed by atoms with Crippen LogP contribution in [0.15, 0.2) is 35.5 Å². The molecule has 0 aliphatic carbocycles. The summed E-state index contributed by atoms with van der Waals surface area (Å²) in [6.07, 6.45) is -0.572. The maximum Gasteiger partial charge on any atom is 0.416 e. The summed E-state index contributed by atoms with van der Waals surface area (Å²) in [4.78, 5) is 24.6. The first-order valence-electron chi connectivity index (χ1n) is 7.29. The number of cyclic esters (lactones) is 1. The number of carbonyl (C=O) groups is 2. The van der Waals surface area contributed by atoms with Gasteiger partial charge in [-0.25, -0.2) is 9.69 Å². The molecular weight excluding hydrogens is 316 g/mol. The number of imide groups is 1. The minimum Gasteiger partial charge on any atom is -0.447 e. The Kier molecular flexibility index (Phi) is 4.61. The first-order valence-corrected chi connectivity index (χ1v) is 8.27. The number of hydrogen-bond donors (Lipinski definition) is 0. The molecule has 0 bridgehead atoms. The van der Waals surface area contributed by atoms with Crippen LogP contribution in [0, 0.1) is 0 Å². The van der Waals surface area contributed by atoms with E-state index in [4.69, 9.17) is 4.74 Å². The van der Waals surface area contributed by atoms with Gasteiger partial charge in [-0.3, -0.25) is 4.79 Å². The number of aromatic nitrogens is 3. The monoisotopic (exact) mass is 332 g/mol. The Morgan fingerprint density at radius 2 is 2.09 bits per heavy atom. The lowest BCUT2D eigenvalue weighted by molar-refractivity contribution is -0.125. The molecule has 1 aliphatic heterocycles. The summed E-state index contributed by atoms with van der Waals surface area (Å²) in [5.74, 6) is 0.621. The van der Waals surface area contributed by atoms with Crippen LogP contribution in [0.2, 0.25) is 0 Å². The molecule has 1 aromatic carbocycles. The van der Waals surface area contributed by atoms with Crippen molar-refractivity contribution >= 4 is 23.8 Å². The molecule has 120 valence electrons. The van der Waals surface area contributed by atoms with Gasteiger partial charge in [0.15, 0.2) is 11.0 Å². The number of amides is 2. The number of benzene rings is 1. The first kappa shape index (κ1) is 15.5. The number of thioether (sulfide) groups is 1. The van der Waals surface area contributed by atoms with Crippen molar-refractivity contribution in [3.05, 3.63) is 30.3 Å². The highest BCUT2D eigenvalue weighted by atomic mass is 32.2. The van der Waals surface area contributed by atoms with Gasteiger partial charge in [0.1, 0.15) is 6.61 Å². The van der Waals surface area contributed by atoms with Gasteiger partial charge in [-0.1, -0.05) is 42.1 Å². The number of ether oxygens (including phenoxy) is 1. The molecule has 1 fully saturated rings. The Morgan fingerprint density at radius 3 is 2.74 bits per heavy atom. The third kappa shape index (κ3) is 3.21. The minimum absolute atomic E-state index is 0.127. The van der Waals surface area contributed by atoms with Crippen LogP contribution in [0.4, 0.5) is 4.79 Å². The second-order valence-electron chi connectivity index (χ2n) is 4.86. The molecule has 2 amide bonds. The lowest BCUT2D eigenvalue weighted by atomic mass is 10.2. The maximum atomic E-state index is 12.1. The normalized spacial score (nSPS) is 14.1. The Bertz CT molecular complexity index is 717. The van der Waals surface area contributed by atoms with Crippen LogP contribution in [0.3, 0.4) is 0 Å². The maximum absolute atomic E-state index is 12.1. The molecule has 23 heavy (non-hydrogen) atoms. The highest BCUT2D eigenvalue weighted by Gasteiger charge is 2.28. The number of rotatable bonds is 5. The summed E-state index contributed by atoms with van der Waals surface area (Å²) in [5, 5.41) is 9.05. The third-order valence-corrected chi connectivity index (χ3v) is 4.40. The van der Waals surface area contributed by atoms with E-state index >= 15 is 0 Å². The van der Waals surface area contributed by atoms with Crippen molar-refractivity contribution in [1.82, 2.24) is 19.7 Å². The summed E-state index contributed by atoms with van der Waals surface area (Å²) in [6.45, 7) is 3.27. The highest BCUT2D eigenvalue weighted by Crippen LogP contribution is 2.24. The predicted molar refractivity (Wildman–Crippen MR) is 84.9 cm³/mol. The number of carbonyl (C=O) groups excluding carboxylic acids is 2. The van der Waals surface area contributed by atoms with Crippen LogP contribution >= 0.6 is 11.8 Å². The molecule has 1 saturated heterocycles. The van der Waals surface area contributed by atoms with Gasteiger partial charge >= 0.3 is 6.09 Å². The Hall–Kier alpha value is -2.35. The lowest BCUT2D eigenvalue weighted by Crippen LogP contribution is -2.33. The zero-order chi connectivity index (χ0) is 16.2. The predicted octanol–water partition coefficient (Wildman–Crippen LogP) is 2.04. The van der Waals surface area contributed by atoms with Crippen molar-refractivity contribution < 1.29 is 14.3 Å². The molecule has 8 heteroatoms. The number of nitrogens with zero attached hydrogens (tertiary/aromatic N) is 4. The minimum atomic E-state index is -0.572. The molecule has 0 spiro atoms. The Morgan fingerprint density at radius 1 is 1.30 bits per heavy atom. The van der Waals surface area contributed by atoms with E-state index in [2.05, 4.69) is 10.2 Å². The average Bonchev–Trinajstić information content (AvgIpc) is 3.19. The molecular formula is C15H16N4O3S. The van der Waals surface area contributed by atoms with E-state index in [-0.39, 0.29) is 18.3 Å². The molecule has 0 saturated carbocycles. The number of hydrogen-bond acceptors (Lipinski definition) is 6. The molecule has 7 nitrogen and oxygen atoms in total. The van der Waals surface area contributed by atoms with Gasteiger partial charge in [-0.15, -0.1) is 10.2 Å². The fraction of sp³-hybridized carbons (Fsp3) is 0.333. The van der Waals surface area contributed by atoms with E-state index in [9.17, 15) is 9.59 Å². The first-order chi connectivity index (χ1) is 11.2. The van der Waals surface area contributed by atoms with E-state index in [1.807, 2.05) is 41.8 Å². The van der Waals surface area contributed by atoms with E-state index < -0.39 is 6.09 Å². The smallest absolute Gasteiger partial charge is 0.416 e. The van der Waals surface area contributed by atoms with Crippen molar-refractivity contribution in [2.24, 2.45) is 0 Å². The SMILES string of the molecule is CCn1c(SCC(=O)N2CCOC2=O)nnc1-c1ccccc1. The van der Waals surface area contributed by atoms with Gasteiger partial charge in [0.2, 0.25) is 5.91 Å². The van der Waals surface area contributed by atoms with Gasteiger partial charge < -0.3 is 9.30 Å². The van der Waals surface area contributed by atoms with Gasteiger partial charge in [-0.2, -0.15) is 0 Å². The molecule has 1 aromatic heterocycles. The molecule has 0 N–H and O–H groups in total. The molecule has 1 aliphatic rings. The molecule has 0 radical (unpaired) electrons. The van der Waals surface area contributed by atoms with Crippen molar-refractivity contribution in [1.29, 1.82) is 0 Å². The van der Waals surface area contributed by atoms with Crippen LogP contribution in [0.25, 0.3) is 11.4 Å². The van der Waals surface area contributed by atoms with E-state index in [0.717, 1.165) is 16.3 Å². The van der Waals surface area contributed by atoms with Crippen LogP contribution in [0.5, 0.6) is 0 Å². The summed E-state index contributed by atoms with van der Waals surface area (Å²) < 4.78 is 6.72. The molecule has 2 heterocycles. The van der Waals surface area contributed by atoms with Gasteiger partial charge in [0.25, 0.3) is 0 Å². The van der Waals surface area contributed by atoms with Crippen molar-refractivity contribution in [2.45, 2.75) is 18.6 Å². The second kappa shape index (κ2) is 6.82. The molecule has 0 unspecified atom stereocenters. The summed E-state index contributed by atoms with van der Waals surface area (Å²) >= 11 is 1.27. The Balaban J connectivity index is 1.72. The fourth-order valence-corrected chi connectivity index (χ4v) is 3.18. The highest BCUT2D eigenvalue weighted by molar-refractivity contribution is 7.99. The zero-order valence-corrected chi connectivity index (χ0v) is 13.5. The largest absolute Gasteiger partial charge is 0.447 e. The third-order valence-electron chi connectivity index (χ3n) is 3.45. The molecule has 0 atom stereocenters. The van der Waals surface area contributed by atoms with Gasteiger partial charge in [0.05, 0.1) is 12.3 Å². The fourth-order valence-electron chi connectivity index (χ4n) is 2.31. The lowest BCUT2D eigenvalue weighted by Gasteiger charge is -2.10. The van der Waals surface area contributed by atoms with Gasteiger partial charge in [0, 0.05) is 12.1 Å². The average molecular weight is 332 g/mol. The summed E-state index contributed by atoms with van der Waals surface area (Å²) in [5.41, 5.74) is 0.975. The van der Waals surface area contributed by atoms with Crippen LogP contribution in [0.1, 0.15) is 6.92 Å². The van der Waals surface area contributed by atoms with Crippen molar-refractivity contribution in [3.8, 4) is 11.4 Å². The van der Waals surface area contributed by atoms with Crippen LogP contribution in [-0.4, -0.2) is 50.6 Å². The van der Waals surface area contributed by atoms with Gasteiger partial charge in [-0.05, 0) is 6.92 Å². The van der Waals surface area contributed by atoms with Crippen LogP contribution < -0.4 is 0 Å². The summed E-state index contributed by atoms with van der Waals surface area (Å²) in [6, 6.07) is 9.77. The van der Waals surface area contributed by atoms with E-state index in [1.54, 1.807) is 0 Å². The molecule has 3 rings (SSSR count).